The molecule has 0 radical (unpaired) electrons. The average molecular weight is 310 g/mol. The number of amides is 1. The molecule has 0 bridgehead atoms. The van der Waals surface area contributed by atoms with E-state index in [9.17, 15) is 10.1 Å². The Labute approximate surface area is 134 Å². The number of nitriles is 1. The number of carbonyl (C=O) groups excluding carboxylic acids is 1. The quantitative estimate of drug-likeness (QED) is 0.668. The van der Waals surface area contributed by atoms with Gasteiger partial charge in [0.1, 0.15) is 11.6 Å². The van der Waals surface area contributed by atoms with Crippen molar-refractivity contribution >= 4 is 23.3 Å². The van der Waals surface area contributed by atoms with Gasteiger partial charge in [0.2, 0.25) is 0 Å². The van der Waals surface area contributed by atoms with Crippen molar-refractivity contribution in [2.45, 2.75) is 26.3 Å². The van der Waals surface area contributed by atoms with Crippen LogP contribution in [-0.4, -0.2) is 5.91 Å². The van der Waals surface area contributed by atoms with Gasteiger partial charge >= 0.3 is 0 Å². The van der Waals surface area contributed by atoms with E-state index in [0.29, 0.717) is 0 Å². The molecule has 1 amide bonds. The highest BCUT2D eigenvalue weighted by Gasteiger charge is 2.14. The largest absolute Gasteiger partial charge is 0.345 e. The van der Waals surface area contributed by atoms with E-state index in [0.717, 1.165) is 16.9 Å². The van der Waals surface area contributed by atoms with Gasteiger partial charge in [-0.25, -0.2) is 0 Å². The van der Waals surface area contributed by atoms with Crippen LogP contribution >= 0.6 is 11.3 Å². The van der Waals surface area contributed by atoms with Crippen LogP contribution in [0.3, 0.4) is 0 Å². The third kappa shape index (κ3) is 4.06. The molecule has 1 N–H and O–H groups in total. The van der Waals surface area contributed by atoms with Crippen molar-refractivity contribution < 1.29 is 4.79 Å². The lowest BCUT2D eigenvalue weighted by atomic mass is 10.1. The van der Waals surface area contributed by atoms with E-state index in [-0.39, 0.29) is 17.5 Å². The van der Waals surface area contributed by atoms with E-state index in [1.807, 2.05) is 55.5 Å². The Kier molecular flexibility index (Phi) is 5.51. The van der Waals surface area contributed by atoms with Crippen LogP contribution in [0.5, 0.6) is 0 Å². The van der Waals surface area contributed by atoms with E-state index in [4.69, 9.17) is 0 Å². The lowest BCUT2D eigenvalue weighted by molar-refractivity contribution is -0.117. The van der Waals surface area contributed by atoms with Crippen molar-refractivity contribution in [2.75, 3.05) is 0 Å². The predicted octanol–water partition coefficient (Wildman–Crippen LogP) is 4.09. The van der Waals surface area contributed by atoms with Gasteiger partial charge < -0.3 is 5.32 Å². The number of nitrogens with one attached hydrogen (secondary N) is 1. The lowest BCUT2D eigenvalue weighted by Gasteiger charge is -2.13. The highest BCUT2D eigenvalue weighted by molar-refractivity contribution is 7.12. The van der Waals surface area contributed by atoms with E-state index in [1.165, 1.54) is 4.88 Å². The predicted molar refractivity (Wildman–Crippen MR) is 90.3 cm³/mol. The SMILES string of the molecule is CCc1ccc(/C=C(\C#N)C(=O)NC(C)c2ccccc2)s1. The Morgan fingerprint density at radius 3 is 2.64 bits per heavy atom. The summed E-state index contributed by atoms with van der Waals surface area (Å²) in [5.74, 6) is -0.342. The van der Waals surface area contributed by atoms with E-state index in [1.54, 1.807) is 17.4 Å². The summed E-state index contributed by atoms with van der Waals surface area (Å²) in [6, 6.07) is 15.5. The van der Waals surface area contributed by atoms with Crippen LogP contribution in [0.2, 0.25) is 0 Å². The third-order valence-corrected chi connectivity index (χ3v) is 4.51. The van der Waals surface area contributed by atoms with Gasteiger partial charge in [0, 0.05) is 9.75 Å². The van der Waals surface area contributed by atoms with Crippen molar-refractivity contribution in [2.24, 2.45) is 0 Å². The molecule has 1 aromatic heterocycles. The van der Waals surface area contributed by atoms with E-state index in [2.05, 4.69) is 12.2 Å². The monoisotopic (exact) mass is 310 g/mol. The van der Waals surface area contributed by atoms with Crippen LogP contribution < -0.4 is 5.32 Å². The highest BCUT2D eigenvalue weighted by atomic mass is 32.1. The average Bonchev–Trinajstić information content (AvgIpc) is 3.01. The van der Waals surface area contributed by atoms with Crippen LogP contribution in [0.4, 0.5) is 0 Å². The van der Waals surface area contributed by atoms with Crippen molar-refractivity contribution in [3.8, 4) is 6.07 Å². The van der Waals surface area contributed by atoms with Crippen molar-refractivity contribution in [3.05, 3.63) is 63.4 Å². The second-order valence-electron chi connectivity index (χ2n) is 4.93. The van der Waals surface area contributed by atoms with E-state index >= 15 is 0 Å². The van der Waals surface area contributed by atoms with Crippen LogP contribution in [0.15, 0.2) is 48.0 Å². The molecule has 3 nitrogen and oxygen atoms in total. The topological polar surface area (TPSA) is 52.9 Å². The molecule has 1 aromatic carbocycles. The molecule has 0 saturated carbocycles. The summed E-state index contributed by atoms with van der Waals surface area (Å²) in [4.78, 5) is 14.4. The fourth-order valence-corrected chi connectivity index (χ4v) is 2.95. The molecule has 22 heavy (non-hydrogen) atoms. The molecule has 0 aliphatic carbocycles. The number of hydrogen-bond acceptors (Lipinski definition) is 3. The Balaban J connectivity index is 2.11. The first-order chi connectivity index (χ1) is 10.6. The smallest absolute Gasteiger partial charge is 0.262 e. The molecule has 1 heterocycles. The fraction of sp³-hybridized carbons (Fsp3) is 0.222. The summed E-state index contributed by atoms with van der Waals surface area (Å²) in [6.07, 6.45) is 2.61. The number of nitrogens with zero attached hydrogens (tertiary/aromatic N) is 1. The minimum Gasteiger partial charge on any atom is -0.345 e. The van der Waals surface area contributed by atoms with Crippen LogP contribution in [0.25, 0.3) is 6.08 Å². The zero-order valence-corrected chi connectivity index (χ0v) is 13.5. The molecule has 4 heteroatoms. The number of carbonyl (C=O) groups is 1. The molecule has 0 aliphatic rings. The van der Waals surface area contributed by atoms with Gasteiger partial charge in [-0.2, -0.15) is 5.26 Å². The maximum atomic E-state index is 12.2. The maximum absolute atomic E-state index is 12.2. The fourth-order valence-electron chi connectivity index (χ4n) is 2.05. The van der Waals surface area contributed by atoms with Gasteiger partial charge in [-0.1, -0.05) is 37.3 Å². The minimum absolute atomic E-state index is 0.132. The Hall–Kier alpha value is -2.38. The molecular formula is C18H18N2OS. The molecule has 0 spiro atoms. The standard InChI is InChI=1S/C18H18N2OS/c1-3-16-9-10-17(22-16)11-15(12-19)18(21)20-13(2)14-7-5-4-6-8-14/h4-11,13H,3H2,1-2H3,(H,20,21)/b15-11+. The minimum atomic E-state index is -0.342. The third-order valence-electron chi connectivity index (χ3n) is 3.33. The van der Waals surface area contributed by atoms with Gasteiger partial charge in [-0.05, 0) is 37.1 Å². The summed E-state index contributed by atoms with van der Waals surface area (Å²) in [5, 5.41) is 12.1. The zero-order valence-electron chi connectivity index (χ0n) is 12.7. The Morgan fingerprint density at radius 1 is 1.32 bits per heavy atom. The Morgan fingerprint density at radius 2 is 2.05 bits per heavy atom. The second kappa shape index (κ2) is 7.58. The van der Waals surface area contributed by atoms with Gasteiger partial charge in [0.05, 0.1) is 6.04 Å². The molecule has 0 saturated heterocycles. The molecule has 112 valence electrons. The van der Waals surface area contributed by atoms with Crippen molar-refractivity contribution in [1.29, 1.82) is 5.26 Å². The molecule has 0 fully saturated rings. The number of rotatable bonds is 5. The van der Waals surface area contributed by atoms with E-state index < -0.39 is 0 Å². The molecular weight excluding hydrogens is 292 g/mol. The van der Waals surface area contributed by atoms with Crippen LogP contribution in [0.1, 0.15) is 35.2 Å². The molecule has 2 rings (SSSR count). The summed E-state index contributed by atoms with van der Waals surface area (Å²) in [6.45, 7) is 3.99. The molecule has 2 aromatic rings. The molecule has 0 aliphatic heterocycles. The van der Waals surface area contributed by atoms with Gasteiger partial charge in [0.15, 0.2) is 0 Å². The van der Waals surface area contributed by atoms with Crippen molar-refractivity contribution in [1.82, 2.24) is 5.32 Å². The second-order valence-corrected chi connectivity index (χ2v) is 6.13. The zero-order chi connectivity index (χ0) is 15.9. The first-order valence-electron chi connectivity index (χ1n) is 7.20. The molecule has 1 unspecified atom stereocenters. The van der Waals surface area contributed by atoms with Crippen LogP contribution in [-0.2, 0) is 11.2 Å². The summed E-state index contributed by atoms with van der Waals surface area (Å²) < 4.78 is 0. The highest BCUT2D eigenvalue weighted by Crippen LogP contribution is 2.20. The maximum Gasteiger partial charge on any atom is 0.262 e. The summed E-state index contributed by atoms with van der Waals surface area (Å²) >= 11 is 1.60. The van der Waals surface area contributed by atoms with Gasteiger partial charge in [-0.3, -0.25) is 4.79 Å². The molecule has 1 atom stereocenters. The number of hydrogen-bond donors (Lipinski definition) is 1. The van der Waals surface area contributed by atoms with Crippen molar-refractivity contribution in [3.63, 3.8) is 0 Å². The first-order valence-corrected chi connectivity index (χ1v) is 8.02. The first kappa shape index (κ1) is 16.0. The number of thiophene rings is 1. The number of benzene rings is 1. The van der Waals surface area contributed by atoms with Gasteiger partial charge in [0.25, 0.3) is 5.91 Å². The lowest BCUT2D eigenvalue weighted by Crippen LogP contribution is -2.27. The normalized spacial score (nSPS) is 12.5. The number of aryl methyl sites for hydroxylation is 1. The summed E-state index contributed by atoms with van der Waals surface area (Å²) in [5.41, 5.74) is 1.14. The van der Waals surface area contributed by atoms with Gasteiger partial charge in [-0.15, -0.1) is 11.3 Å². The summed E-state index contributed by atoms with van der Waals surface area (Å²) in [7, 11) is 0. The van der Waals surface area contributed by atoms with Crippen LogP contribution in [0, 0.1) is 11.3 Å². The Bertz CT molecular complexity index is 710.